The molecule has 4 saturated carbocycles. The second kappa shape index (κ2) is 2.33. The quantitative estimate of drug-likeness (QED) is 0.607. The number of ether oxygens (including phenoxy) is 1. The third kappa shape index (κ3) is 0.831. The van der Waals surface area contributed by atoms with Crippen LogP contribution in [-0.4, -0.2) is 24.1 Å². The minimum Gasteiger partial charge on any atom is -0.354 e. The van der Waals surface area contributed by atoms with E-state index in [1.807, 2.05) is 0 Å². The van der Waals surface area contributed by atoms with Crippen molar-refractivity contribution in [1.82, 2.24) is 0 Å². The van der Waals surface area contributed by atoms with Gasteiger partial charge in [-0.25, -0.2) is 0 Å². The second-order valence-corrected chi connectivity index (χ2v) is 5.56. The molecule has 6 bridgehead atoms. The Labute approximate surface area is 92.1 Å². The SMILES string of the molecule is FC(F)(F)C1(C(F)(F)F)OC2C3CC4C2C4C31. The van der Waals surface area contributed by atoms with Gasteiger partial charge >= 0.3 is 12.4 Å². The van der Waals surface area contributed by atoms with E-state index in [1.54, 1.807) is 0 Å². The van der Waals surface area contributed by atoms with Crippen LogP contribution in [0.15, 0.2) is 0 Å². The van der Waals surface area contributed by atoms with Crippen molar-refractivity contribution >= 4 is 0 Å². The van der Waals surface area contributed by atoms with E-state index in [-0.39, 0.29) is 11.8 Å². The topological polar surface area (TPSA) is 9.23 Å². The van der Waals surface area contributed by atoms with Crippen LogP contribution in [0.4, 0.5) is 26.3 Å². The van der Waals surface area contributed by atoms with Gasteiger partial charge < -0.3 is 4.74 Å². The Morgan fingerprint density at radius 3 is 1.82 bits per heavy atom. The summed E-state index contributed by atoms with van der Waals surface area (Å²) in [6.07, 6.45) is -11.1. The molecule has 0 spiro atoms. The van der Waals surface area contributed by atoms with Gasteiger partial charge in [0.2, 0.25) is 0 Å². The zero-order chi connectivity index (χ0) is 12.4. The van der Waals surface area contributed by atoms with Crippen molar-refractivity contribution in [3.8, 4) is 0 Å². The summed E-state index contributed by atoms with van der Waals surface area (Å²) in [7, 11) is 0. The van der Waals surface area contributed by atoms with Crippen LogP contribution in [0.25, 0.3) is 0 Å². The van der Waals surface area contributed by atoms with Gasteiger partial charge in [0.25, 0.3) is 5.60 Å². The number of halogens is 6. The van der Waals surface area contributed by atoms with E-state index in [9.17, 15) is 26.3 Å². The molecule has 5 aliphatic rings. The minimum atomic E-state index is -5.37. The van der Waals surface area contributed by atoms with Crippen LogP contribution in [0.5, 0.6) is 0 Å². The Balaban J connectivity index is 1.86. The van der Waals surface area contributed by atoms with Crippen LogP contribution in [0.3, 0.4) is 0 Å². The molecular formula is C10H8F6O. The van der Waals surface area contributed by atoms with Crippen LogP contribution in [-0.2, 0) is 4.74 Å². The summed E-state index contributed by atoms with van der Waals surface area (Å²) < 4.78 is 82.0. The molecule has 17 heavy (non-hydrogen) atoms. The first kappa shape index (κ1) is 10.5. The van der Waals surface area contributed by atoms with Gasteiger partial charge in [-0.1, -0.05) is 0 Å². The molecule has 96 valence electrons. The summed E-state index contributed by atoms with van der Waals surface area (Å²) >= 11 is 0. The van der Waals surface area contributed by atoms with Crippen LogP contribution < -0.4 is 0 Å². The molecule has 1 nitrogen and oxygen atoms in total. The van der Waals surface area contributed by atoms with Crippen molar-refractivity contribution < 1.29 is 31.1 Å². The van der Waals surface area contributed by atoms with Gasteiger partial charge in [0.05, 0.1) is 6.10 Å². The zero-order valence-electron chi connectivity index (χ0n) is 8.35. The molecule has 5 rings (SSSR count). The first-order chi connectivity index (χ1) is 7.70. The van der Waals surface area contributed by atoms with Crippen molar-refractivity contribution in [2.45, 2.75) is 30.5 Å². The Morgan fingerprint density at radius 2 is 1.47 bits per heavy atom. The van der Waals surface area contributed by atoms with Crippen LogP contribution in [0.1, 0.15) is 6.42 Å². The molecule has 6 unspecified atom stereocenters. The average Bonchev–Trinajstić information content (AvgIpc) is 2.50. The molecule has 1 heterocycles. The first-order valence-corrected chi connectivity index (χ1v) is 5.51. The van der Waals surface area contributed by atoms with Crippen molar-refractivity contribution in [3.63, 3.8) is 0 Å². The maximum Gasteiger partial charge on any atom is 0.426 e. The van der Waals surface area contributed by atoms with Gasteiger partial charge in [-0.2, -0.15) is 26.3 Å². The molecule has 0 aromatic rings. The fourth-order valence-corrected chi connectivity index (χ4v) is 4.79. The third-order valence-corrected chi connectivity index (χ3v) is 5.15. The van der Waals surface area contributed by atoms with E-state index < -0.39 is 41.8 Å². The van der Waals surface area contributed by atoms with E-state index in [0.717, 1.165) is 0 Å². The van der Waals surface area contributed by atoms with E-state index >= 15 is 0 Å². The maximum absolute atomic E-state index is 12.9. The van der Waals surface area contributed by atoms with Crippen molar-refractivity contribution in [2.24, 2.45) is 29.6 Å². The van der Waals surface area contributed by atoms with Crippen molar-refractivity contribution in [3.05, 3.63) is 0 Å². The van der Waals surface area contributed by atoms with Gasteiger partial charge in [0.1, 0.15) is 0 Å². The van der Waals surface area contributed by atoms with E-state index in [2.05, 4.69) is 4.74 Å². The first-order valence-electron chi connectivity index (χ1n) is 5.51. The lowest BCUT2D eigenvalue weighted by Gasteiger charge is -2.39. The lowest BCUT2D eigenvalue weighted by molar-refractivity contribution is -0.393. The minimum absolute atomic E-state index is 0.0252. The maximum atomic E-state index is 12.9. The van der Waals surface area contributed by atoms with Crippen LogP contribution in [0.2, 0.25) is 0 Å². The Kier molecular flexibility index (Phi) is 1.43. The normalized spacial score (nSPS) is 53.3. The second-order valence-electron chi connectivity index (χ2n) is 5.56. The number of alkyl halides is 6. The average molecular weight is 258 g/mol. The van der Waals surface area contributed by atoms with E-state index in [4.69, 9.17) is 0 Å². The number of rotatable bonds is 0. The molecule has 1 aliphatic heterocycles. The highest BCUT2D eigenvalue weighted by Gasteiger charge is 2.92. The summed E-state index contributed by atoms with van der Waals surface area (Å²) in [5.74, 6) is -2.29. The smallest absolute Gasteiger partial charge is 0.354 e. The summed E-state index contributed by atoms with van der Waals surface area (Å²) in [4.78, 5) is 0. The van der Waals surface area contributed by atoms with Gasteiger partial charge in [0.15, 0.2) is 0 Å². The van der Waals surface area contributed by atoms with Gasteiger partial charge in [-0.05, 0) is 30.1 Å². The Bertz CT molecular complexity index is 385. The van der Waals surface area contributed by atoms with Crippen LogP contribution >= 0.6 is 0 Å². The molecule has 0 aromatic carbocycles. The molecule has 0 amide bonds. The molecule has 1 saturated heterocycles. The highest BCUT2D eigenvalue weighted by molar-refractivity contribution is 5.31. The lowest BCUT2D eigenvalue weighted by Crippen LogP contribution is -2.62. The van der Waals surface area contributed by atoms with Crippen molar-refractivity contribution in [1.29, 1.82) is 0 Å². The van der Waals surface area contributed by atoms with Crippen molar-refractivity contribution in [2.75, 3.05) is 0 Å². The van der Waals surface area contributed by atoms with E-state index in [0.29, 0.717) is 6.42 Å². The molecule has 6 atom stereocenters. The number of hydrogen-bond acceptors (Lipinski definition) is 1. The zero-order valence-corrected chi connectivity index (χ0v) is 8.35. The molecule has 5 fully saturated rings. The van der Waals surface area contributed by atoms with Gasteiger partial charge in [0, 0.05) is 5.92 Å². The third-order valence-electron chi connectivity index (χ3n) is 5.15. The molecule has 0 aromatic heterocycles. The Morgan fingerprint density at radius 1 is 0.882 bits per heavy atom. The summed E-state index contributed by atoms with van der Waals surface area (Å²) in [5.41, 5.74) is -3.89. The largest absolute Gasteiger partial charge is 0.426 e. The Hall–Kier alpha value is -0.460. The predicted octanol–water partition coefficient (Wildman–Crippen LogP) is 2.76. The molecular weight excluding hydrogens is 250 g/mol. The predicted molar refractivity (Wildman–Crippen MR) is 41.8 cm³/mol. The standard InChI is InChI=1S/C10H8F6O/c11-9(12,13)8(10(14,15)16)6-3-1-2-4(6)5(2)7(3)17-8/h2-7H,1H2. The summed E-state index contributed by atoms with van der Waals surface area (Å²) in [5, 5.41) is 0. The fourth-order valence-electron chi connectivity index (χ4n) is 4.79. The molecule has 7 heteroatoms. The number of hydrogen-bond donors (Lipinski definition) is 0. The summed E-state index contributed by atoms with van der Waals surface area (Å²) in [6.45, 7) is 0. The van der Waals surface area contributed by atoms with Gasteiger partial charge in [-0.15, -0.1) is 0 Å². The fraction of sp³-hybridized carbons (Fsp3) is 1.00. The lowest BCUT2D eigenvalue weighted by atomic mass is 9.81. The highest BCUT2D eigenvalue weighted by atomic mass is 19.4. The van der Waals surface area contributed by atoms with Gasteiger partial charge in [-0.3, -0.25) is 0 Å². The molecule has 4 aliphatic carbocycles. The monoisotopic (exact) mass is 258 g/mol. The summed E-state index contributed by atoms with van der Waals surface area (Å²) in [6, 6.07) is 0. The molecule has 0 N–H and O–H groups in total. The molecule has 0 radical (unpaired) electrons. The van der Waals surface area contributed by atoms with E-state index in [1.165, 1.54) is 0 Å². The van der Waals surface area contributed by atoms with Crippen LogP contribution in [0, 0.1) is 29.6 Å². The highest BCUT2D eigenvalue weighted by Crippen LogP contribution is 2.83.